The van der Waals surface area contributed by atoms with Gasteiger partial charge in [-0.05, 0) is 48.5 Å². The zero-order valence-corrected chi connectivity index (χ0v) is 33.2. The Morgan fingerprint density at radius 2 is 1.38 bits per heavy atom. The van der Waals surface area contributed by atoms with Crippen LogP contribution in [0.3, 0.4) is 0 Å². The zero-order chi connectivity index (χ0) is 44.1. The minimum absolute atomic E-state index is 0.0686. The highest BCUT2D eigenvalue weighted by atomic mass is 32.3. The number of carbonyl (C=O) groups excluding carboxylic acids is 3. The molecule has 27 heteroatoms. The molecule has 1 aliphatic rings. The summed E-state index contributed by atoms with van der Waals surface area (Å²) in [5.74, 6) is -3.74. The number of nitrogens with one attached hydrogen (secondary N) is 2. The molecule has 1 heterocycles. The Kier molecular flexibility index (Phi) is 11.2. The van der Waals surface area contributed by atoms with Gasteiger partial charge >= 0.3 is 16.4 Å². The monoisotopic (exact) mass is 906 g/mol. The first-order chi connectivity index (χ1) is 27.9. The predicted molar refractivity (Wildman–Crippen MR) is 205 cm³/mol. The van der Waals surface area contributed by atoms with E-state index >= 15 is 0 Å². The summed E-state index contributed by atoms with van der Waals surface area (Å²) in [5, 5.41) is 12.5. The van der Waals surface area contributed by atoms with Gasteiger partial charge in [-0.3, -0.25) is 33.1 Å². The summed E-state index contributed by atoms with van der Waals surface area (Å²) in [5.41, 5.74) is -0.170. The Morgan fingerprint density at radius 1 is 0.783 bits per heavy atom. The van der Waals surface area contributed by atoms with E-state index in [2.05, 4.69) is 24.8 Å². The molecule has 0 atom stereocenters. The smallest absolute Gasteiger partial charge is 0.397 e. The van der Waals surface area contributed by atoms with Gasteiger partial charge in [0.25, 0.3) is 25.8 Å². The number of fused-ring (bicyclic) bond motifs is 2. The van der Waals surface area contributed by atoms with Crippen LogP contribution < -0.4 is 16.6 Å². The summed E-state index contributed by atoms with van der Waals surface area (Å²) in [7, 11) is -18.5. The highest BCUT2D eigenvalue weighted by Crippen LogP contribution is 2.41. The molecular weight excluding hydrogens is 881 g/mol. The first kappa shape index (κ1) is 43.1. The fourth-order valence-corrected chi connectivity index (χ4v) is 8.66. The Hall–Kier alpha value is -6.46. The van der Waals surface area contributed by atoms with E-state index in [4.69, 9.17) is 15.0 Å². The minimum Gasteiger partial charge on any atom is -0.464 e. The Morgan fingerprint density at radius 3 is 1.95 bits per heavy atom. The number of aromatic amines is 1. The van der Waals surface area contributed by atoms with Crippen LogP contribution in [0, 0.1) is 0 Å². The molecule has 5 aromatic rings. The fourth-order valence-electron chi connectivity index (χ4n) is 5.86. The topological polar surface area (TPSA) is 367 Å². The van der Waals surface area contributed by atoms with E-state index in [-0.39, 0.29) is 27.4 Å². The number of azo groups is 1. The van der Waals surface area contributed by atoms with Crippen molar-refractivity contribution in [2.45, 2.75) is 14.7 Å². The van der Waals surface area contributed by atoms with Crippen LogP contribution in [0.15, 0.2) is 103 Å². The van der Waals surface area contributed by atoms with E-state index in [0.717, 1.165) is 43.5 Å². The van der Waals surface area contributed by atoms with Gasteiger partial charge in [0.05, 0.1) is 63.9 Å². The average Bonchev–Trinajstić information content (AvgIpc) is 3.50. The number of methoxy groups -OCH3 is 1. The molecule has 0 saturated heterocycles. The van der Waals surface area contributed by atoms with Crippen molar-refractivity contribution < 1.29 is 70.6 Å². The van der Waals surface area contributed by atoms with Crippen molar-refractivity contribution in [3.8, 4) is 5.69 Å². The Labute approximate surface area is 337 Å². The first-order valence-electron chi connectivity index (χ1n) is 16.2. The molecule has 0 radical (unpaired) electrons. The number of carbonyl (C=O) groups is 3. The molecule has 314 valence electrons. The van der Waals surface area contributed by atoms with Gasteiger partial charge < -0.3 is 15.8 Å². The molecule has 23 nitrogen and oxygen atoms in total. The normalized spacial score (nSPS) is 13.3. The fraction of sp³-hybridized carbons (Fsp3) is 0.0909. The molecule has 6 rings (SSSR count). The van der Waals surface area contributed by atoms with Gasteiger partial charge in [-0.2, -0.15) is 30.4 Å². The molecular formula is C33H26N6O17S4. The second-order valence-corrected chi connectivity index (χ2v) is 18.3. The van der Waals surface area contributed by atoms with E-state index in [1.807, 2.05) is 0 Å². The molecule has 4 aromatic carbocycles. The van der Waals surface area contributed by atoms with Gasteiger partial charge in [-0.1, -0.05) is 24.3 Å². The van der Waals surface area contributed by atoms with Crippen LogP contribution in [0.1, 0.15) is 42.3 Å². The van der Waals surface area contributed by atoms with Crippen molar-refractivity contribution in [1.29, 1.82) is 0 Å². The van der Waals surface area contributed by atoms with E-state index in [9.17, 15) is 62.0 Å². The van der Waals surface area contributed by atoms with E-state index in [1.54, 1.807) is 0 Å². The maximum Gasteiger partial charge on any atom is 0.397 e. The summed E-state index contributed by atoms with van der Waals surface area (Å²) < 4.78 is 135. The highest BCUT2D eigenvalue weighted by molar-refractivity contribution is 7.91. The van der Waals surface area contributed by atoms with Crippen LogP contribution in [0.5, 0.6) is 0 Å². The number of anilines is 3. The molecule has 1 aliphatic carbocycles. The molecule has 60 heavy (non-hydrogen) atoms. The number of esters is 1. The lowest BCUT2D eigenvalue weighted by Crippen LogP contribution is -2.25. The van der Waals surface area contributed by atoms with E-state index < -0.39 is 125 Å². The van der Waals surface area contributed by atoms with Crippen molar-refractivity contribution in [3.05, 3.63) is 111 Å². The molecule has 0 aliphatic heterocycles. The van der Waals surface area contributed by atoms with Gasteiger partial charge in [0, 0.05) is 11.1 Å². The number of benzene rings is 4. The third kappa shape index (κ3) is 8.49. The Bertz CT molecular complexity index is 3210. The molecule has 0 fully saturated rings. The molecule has 0 spiro atoms. The first-order valence-corrected chi connectivity index (χ1v) is 22.1. The van der Waals surface area contributed by atoms with Gasteiger partial charge in [0.1, 0.15) is 9.79 Å². The third-order valence-corrected chi connectivity index (χ3v) is 12.5. The number of hydrogen-bond acceptors (Lipinski definition) is 18. The lowest BCUT2D eigenvalue weighted by molar-refractivity contribution is 0.0594. The average molecular weight is 907 g/mol. The molecule has 1 aromatic heterocycles. The van der Waals surface area contributed by atoms with Crippen LogP contribution >= 0.6 is 0 Å². The SMILES string of the molecule is COC(=O)c1[nH]n(-c2ccc(Nc3cc(S(=O)(=O)O)c(N)c4c3C(=O)c3ccccc3C4=O)c(S(=O)(=O)O)c2)c(=O)c1N=Nc1ccc(S(=O)(=O)CCOS(=O)(=O)O)cc1. The van der Waals surface area contributed by atoms with Crippen LogP contribution in [0.4, 0.5) is 28.4 Å². The number of rotatable bonds is 13. The van der Waals surface area contributed by atoms with E-state index in [0.29, 0.717) is 16.8 Å². The molecule has 0 saturated carbocycles. The third-order valence-electron chi connectivity index (χ3n) is 8.55. The number of nitrogen functional groups attached to an aromatic ring is 1. The van der Waals surface area contributed by atoms with Gasteiger partial charge in [0.2, 0.25) is 0 Å². The summed E-state index contributed by atoms with van der Waals surface area (Å²) in [6, 6.07) is 13.2. The van der Waals surface area contributed by atoms with Crippen LogP contribution in [0.25, 0.3) is 5.69 Å². The minimum atomic E-state index is -5.29. The molecule has 7 N–H and O–H groups in total. The molecule has 0 bridgehead atoms. The second kappa shape index (κ2) is 15.6. The standard InChI is InChI=1S/C33H26N6O17S4/c1-55-33(43)29-28(37-36-16-6-9-18(10-7-16)57(44,45)13-12-56-60(52,53)54)32(42)39(38-29)17-8-11-21(23(14-17)58(46,47)48)35-22-15-24(59(49,50)51)27(34)26-25(22)30(40)19-4-2-3-5-20(19)31(26)41/h2-11,14-15,35,38H,12-13,34H2,1H3,(H,46,47,48)(H,49,50,51)(H,52,53,54). The quantitative estimate of drug-likeness (QED) is 0.0419. The molecule has 0 amide bonds. The van der Waals surface area contributed by atoms with Crippen molar-refractivity contribution in [2.24, 2.45) is 10.2 Å². The lowest BCUT2D eigenvalue weighted by atomic mass is 9.82. The Balaban J connectivity index is 1.40. The van der Waals surface area contributed by atoms with Gasteiger partial charge in [-0.25, -0.2) is 22.1 Å². The number of ether oxygens (including phenoxy) is 1. The molecule has 0 unspecified atom stereocenters. The van der Waals surface area contributed by atoms with Crippen molar-refractivity contribution in [1.82, 2.24) is 9.78 Å². The number of ketones is 2. The van der Waals surface area contributed by atoms with Crippen molar-refractivity contribution in [2.75, 3.05) is 30.5 Å². The zero-order valence-electron chi connectivity index (χ0n) is 30.0. The maximum atomic E-state index is 13.7. The number of sulfone groups is 1. The van der Waals surface area contributed by atoms with Crippen LogP contribution in [-0.4, -0.2) is 94.1 Å². The van der Waals surface area contributed by atoms with Gasteiger partial charge in [-0.15, -0.1) is 5.11 Å². The summed E-state index contributed by atoms with van der Waals surface area (Å²) in [6.45, 7) is -0.884. The summed E-state index contributed by atoms with van der Waals surface area (Å²) >= 11 is 0. The summed E-state index contributed by atoms with van der Waals surface area (Å²) in [6.07, 6.45) is 0. The number of nitrogens with zero attached hydrogens (tertiary/aromatic N) is 3. The predicted octanol–water partition coefficient (Wildman–Crippen LogP) is 2.56. The van der Waals surface area contributed by atoms with Crippen molar-refractivity contribution in [3.63, 3.8) is 0 Å². The largest absolute Gasteiger partial charge is 0.464 e. The van der Waals surface area contributed by atoms with Crippen molar-refractivity contribution >= 4 is 86.4 Å². The number of hydrogen-bond donors (Lipinski definition) is 6. The maximum absolute atomic E-state index is 13.7. The number of aromatic nitrogens is 2. The van der Waals surface area contributed by atoms with Crippen LogP contribution in [0.2, 0.25) is 0 Å². The summed E-state index contributed by atoms with van der Waals surface area (Å²) in [4.78, 5) is 51.3. The lowest BCUT2D eigenvalue weighted by Gasteiger charge is -2.24. The second-order valence-electron chi connectivity index (χ2n) is 12.3. The highest BCUT2D eigenvalue weighted by Gasteiger charge is 2.37. The van der Waals surface area contributed by atoms with Crippen LogP contribution in [-0.2, 0) is 49.4 Å². The van der Waals surface area contributed by atoms with E-state index in [1.165, 1.54) is 24.3 Å². The number of nitrogens with two attached hydrogens (primary N) is 1. The van der Waals surface area contributed by atoms with Gasteiger partial charge in [0.15, 0.2) is 32.8 Å². The number of H-pyrrole nitrogens is 1.